The summed E-state index contributed by atoms with van der Waals surface area (Å²) in [7, 11) is 0. The van der Waals surface area contributed by atoms with E-state index in [-0.39, 0.29) is 11.8 Å². The van der Waals surface area contributed by atoms with Gasteiger partial charge in [0.2, 0.25) is 5.91 Å². The van der Waals surface area contributed by atoms with Crippen molar-refractivity contribution in [2.75, 3.05) is 31.1 Å². The lowest BCUT2D eigenvalue weighted by molar-refractivity contribution is -0.129. The zero-order chi connectivity index (χ0) is 23.2. The van der Waals surface area contributed by atoms with Gasteiger partial charge in [-0.1, -0.05) is 36.4 Å². The molecule has 0 bridgehead atoms. The second-order valence-corrected chi connectivity index (χ2v) is 8.26. The van der Waals surface area contributed by atoms with E-state index in [9.17, 15) is 9.59 Å². The summed E-state index contributed by atoms with van der Waals surface area (Å²) in [6.07, 6.45) is 0. The van der Waals surface area contributed by atoms with E-state index in [2.05, 4.69) is 22.3 Å². The Morgan fingerprint density at radius 1 is 0.909 bits per heavy atom. The number of rotatable bonds is 6. The molecule has 0 aliphatic carbocycles. The van der Waals surface area contributed by atoms with Crippen molar-refractivity contribution in [3.05, 3.63) is 89.5 Å². The molecule has 1 aliphatic heterocycles. The highest BCUT2D eigenvalue weighted by Crippen LogP contribution is 2.26. The molecule has 0 atom stereocenters. The van der Waals surface area contributed by atoms with E-state index in [1.807, 2.05) is 60.4 Å². The third kappa shape index (κ3) is 5.71. The first-order valence-electron chi connectivity index (χ1n) is 11.2. The van der Waals surface area contributed by atoms with Crippen LogP contribution in [0.25, 0.3) is 0 Å². The summed E-state index contributed by atoms with van der Waals surface area (Å²) >= 11 is 0. The minimum Gasteiger partial charge on any atom is -0.457 e. The maximum absolute atomic E-state index is 12.9. The highest BCUT2D eigenvalue weighted by atomic mass is 16.5. The molecule has 3 aromatic rings. The molecular weight excluding hydrogens is 414 g/mol. The van der Waals surface area contributed by atoms with Gasteiger partial charge in [0.1, 0.15) is 11.5 Å². The van der Waals surface area contributed by atoms with Crippen molar-refractivity contribution in [2.24, 2.45) is 0 Å². The van der Waals surface area contributed by atoms with Crippen LogP contribution in [0.5, 0.6) is 11.5 Å². The number of ether oxygens (including phenoxy) is 1. The number of carbonyl (C=O) groups excluding carboxylic acids is 2. The van der Waals surface area contributed by atoms with Gasteiger partial charge in [-0.05, 0) is 54.4 Å². The van der Waals surface area contributed by atoms with Gasteiger partial charge in [0, 0.05) is 45.3 Å². The number of hydrogen-bond donors (Lipinski definition) is 1. The van der Waals surface area contributed by atoms with Crippen molar-refractivity contribution >= 4 is 17.5 Å². The van der Waals surface area contributed by atoms with Crippen molar-refractivity contribution < 1.29 is 14.3 Å². The lowest BCUT2D eigenvalue weighted by Gasteiger charge is -2.35. The first kappa shape index (κ1) is 22.4. The van der Waals surface area contributed by atoms with Gasteiger partial charge in [0.25, 0.3) is 5.91 Å². The Hall–Kier alpha value is -3.80. The molecule has 4 rings (SSSR count). The summed E-state index contributed by atoms with van der Waals surface area (Å²) < 4.78 is 5.98. The van der Waals surface area contributed by atoms with Crippen molar-refractivity contribution in [3.8, 4) is 11.5 Å². The molecule has 6 heteroatoms. The molecule has 0 spiro atoms. The molecular formula is C27H29N3O3. The van der Waals surface area contributed by atoms with Crippen LogP contribution in [0.2, 0.25) is 0 Å². The van der Waals surface area contributed by atoms with Gasteiger partial charge in [-0.3, -0.25) is 9.59 Å². The minimum absolute atomic E-state index is 0.131. The molecule has 1 saturated heterocycles. The number of benzene rings is 3. The third-order valence-corrected chi connectivity index (χ3v) is 5.83. The third-order valence-electron chi connectivity index (χ3n) is 5.83. The topological polar surface area (TPSA) is 61.9 Å². The Morgan fingerprint density at radius 2 is 1.64 bits per heavy atom. The fourth-order valence-electron chi connectivity index (χ4n) is 3.93. The van der Waals surface area contributed by atoms with E-state index in [0.717, 1.165) is 43.0 Å². The van der Waals surface area contributed by atoms with Gasteiger partial charge in [0.05, 0.1) is 5.56 Å². The summed E-state index contributed by atoms with van der Waals surface area (Å²) in [5.41, 5.74) is 3.74. The quantitative estimate of drug-likeness (QED) is 0.614. The number of nitrogens with one attached hydrogen (secondary N) is 1. The molecule has 1 heterocycles. The molecule has 1 fully saturated rings. The number of carbonyl (C=O) groups is 2. The Morgan fingerprint density at radius 3 is 2.33 bits per heavy atom. The molecule has 0 unspecified atom stereocenters. The van der Waals surface area contributed by atoms with Crippen LogP contribution < -0.4 is 15.0 Å². The summed E-state index contributed by atoms with van der Waals surface area (Å²) in [6.45, 7) is 7.19. The van der Waals surface area contributed by atoms with Crippen molar-refractivity contribution in [2.45, 2.75) is 20.4 Å². The minimum atomic E-state index is -0.178. The molecule has 0 aromatic heterocycles. The van der Waals surface area contributed by atoms with E-state index in [4.69, 9.17) is 4.74 Å². The zero-order valence-corrected chi connectivity index (χ0v) is 19.1. The van der Waals surface area contributed by atoms with Crippen LogP contribution in [-0.2, 0) is 11.3 Å². The number of aryl methyl sites for hydroxylation is 1. The summed E-state index contributed by atoms with van der Waals surface area (Å²) in [6, 6.07) is 23.2. The predicted octanol–water partition coefficient (Wildman–Crippen LogP) is 4.39. The molecule has 0 saturated carbocycles. The van der Waals surface area contributed by atoms with Gasteiger partial charge < -0.3 is 19.9 Å². The largest absolute Gasteiger partial charge is 0.457 e. The summed E-state index contributed by atoms with van der Waals surface area (Å²) in [5.74, 6) is 1.19. The molecule has 0 radical (unpaired) electrons. The maximum atomic E-state index is 12.9. The number of piperazine rings is 1. The van der Waals surface area contributed by atoms with Gasteiger partial charge in [-0.25, -0.2) is 0 Å². The van der Waals surface area contributed by atoms with E-state index >= 15 is 0 Å². The normalized spacial score (nSPS) is 13.5. The monoisotopic (exact) mass is 443 g/mol. The molecule has 1 N–H and O–H groups in total. The standard InChI is InChI=1S/C27H29N3O3/c1-20-6-5-7-24(18-20)33-26-9-4-3-8-25(26)27(32)28-19-22-10-12-23(13-11-22)30-16-14-29(15-17-30)21(2)31/h3-13,18H,14-17,19H2,1-2H3,(H,28,32). The van der Waals surface area contributed by atoms with Crippen LogP contribution in [0, 0.1) is 6.92 Å². The number of nitrogens with zero attached hydrogens (tertiary/aromatic N) is 2. The molecule has 3 aromatic carbocycles. The van der Waals surface area contributed by atoms with Gasteiger partial charge in [0.15, 0.2) is 0 Å². The number of para-hydroxylation sites is 1. The van der Waals surface area contributed by atoms with Gasteiger partial charge in [-0.2, -0.15) is 0 Å². The van der Waals surface area contributed by atoms with E-state index < -0.39 is 0 Å². The van der Waals surface area contributed by atoms with Crippen LogP contribution in [0.4, 0.5) is 5.69 Å². The number of anilines is 1. The lowest BCUT2D eigenvalue weighted by atomic mass is 10.1. The van der Waals surface area contributed by atoms with Gasteiger partial charge >= 0.3 is 0 Å². The predicted molar refractivity (Wildman–Crippen MR) is 130 cm³/mol. The van der Waals surface area contributed by atoms with Crippen molar-refractivity contribution in [3.63, 3.8) is 0 Å². The Labute approximate surface area is 194 Å². The molecule has 170 valence electrons. The SMILES string of the molecule is CC(=O)N1CCN(c2ccc(CNC(=O)c3ccccc3Oc3cccc(C)c3)cc2)CC1. The second kappa shape index (κ2) is 10.2. The number of amides is 2. The molecule has 6 nitrogen and oxygen atoms in total. The van der Waals surface area contributed by atoms with E-state index in [1.54, 1.807) is 19.1 Å². The van der Waals surface area contributed by atoms with Crippen LogP contribution in [0.15, 0.2) is 72.8 Å². The van der Waals surface area contributed by atoms with Crippen LogP contribution >= 0.6 is 0 Å². The summed E-state index contributed by atoms with van der Waals surface area (Å²) in [4.78, 5) is 28.5. The van der Waals surface area contributed by atoms with Crippen LogP contribution in [0.3, 0.4) is 0 Å². The highest BCUT2D eigenvalue weighted by molar-refractivity contribution is 5.97. The lowest BCUT2D eigenvalue weighted by Crippen LogP contribution is -2.48. The van der Waals surface area contributed by atoms with Gasteiger partial charge in [-0.15, -0.1) is 0 Å². The first-order chi connectivity index (χ1) is 16.0. The van der Waals surface area contributed by atoms with Crippen LogP contribution in [0.1, 0.15) is 28.4 Å². The molecule has 33 heavy (non-hydrogen) atoms. The average Bonchev–Trinajstić information content (AvgIpc) is 2.83. The Balaban J connectivity index is 1.35. The first-order valence-corrected chi connectivity index (χ1v) is 11.2. The zero-order valence-electron chi connectivity index (χ0n) is 19.1. The smallest absolute Gasteiger partial charge is 0.255 e. The van der Waals surface area contributed by atoms with Crippen LogP contribution in [-0.4, -0.2) is 42.9 Å². The fourth-order valence-corrected chi connectivity index (χ4v) is 3.93. The molecule has 1 aliphatic rings. The second-order valence-electron chi connectivity index (χ2n) is 8.26. The Kier molecular flexibility index (Phi) is 6.93. The fraction of sp³-hybridized carbons (Fsp3) is 0.259. The summed E-state index contributed by atoms with van der Waals surface area (Å²) in [5, 5.41) is 2.99. The van der Waals surface area contributed by atoms with Crippen molar-refractivity contribution in [1.82, 2.24) is 10.2 Å². The molecule has 2 amide bonds. The average molecular weight is 444 g/mol. The Bertz CT molecular complexity index is 1120. The highest BCUT2D eigenvalue weighted by Gasteiger charge is 2.19. The number of hydrogen-bond acceptors (Lipinski definition) is 4. The van der Waals surface area contributed by atoms with E-state index in [1.165, 1.54) is 0 Å². The van der Waals surface area contributed by atoms with Crippen molar-refractivity contribution in [1.29, 1.82) is 0 Å². The maximum Gasteiger partial charge on any atom is 0.255 e. The van der Waals surface area contributed by atoms with E-state index in [0.29, 0.717) is 23.6 Å².